The number of hydrogen-bond donors (Lipinski definition) is 1. The lowest BCUT2D eigenvalue weighted by Crippen LogP contribution is -2.31. The van der Waals surface area contributed by atoms with Crippen molar-refractivity contribution in [2.75, 3.05) is 7.11 Å². The number of nitrogens with zero attached hydrogens (tertiary/aromatic N) is 1. The number of ether oxygens (including phenoxy) is 2. The molecule has 0 spiro atoms. The van der Waals surface area contributed by atoms with Crippen molar-refractivity contribution in [2.45, 2.75) is 37.8 Å². The Kier molecular flexibility index (Phi) is 4.52. The average molecular weight is 281 g/mol. The zero-order chi connectivity index (χ0) is 13.8. The van der Waals surface area contributed by atoms with E-state index in [1.807, 2.05) is 6.07 Å². The molecule has 19 heavy (non-hydrogen) atoms. The van der Waals surface area contributed by atoms with Gasteiger partial charge in [0.25, 0.3) is 0 Å². The van der Waals surface area contributed by atoms with Crippen LogP contribution < -0.4 is 15.2 Å². The van der Waals surface area contributed by atoms with E-state index in [1.54, 1.807) is 12.1 Å². The second kappa shape index (κ2) is 6.14. The third-order valence-electron chi connectivity index (χ3n) is 3.39. The number of nitrogens with two attached hydrogens (primary N) is 1. The number of nitriles is 1. The van der Waals surface area contributed by atoms with Crippen molar-refractivity contribution in [1.82, 2.24) is 0 Å². The van der Waals surface area contributed by atoms with Crippen molar-refractivity contribution < 1.29 is 9.47 Å². The highest BCUT2D eigenvalue weighted by atomic mass is 35.5. The normalized spacial score (nSPS) is 22.6. The summed E-state index contributed by atoms with van der Waals surface area (Å²) in [5.74, 6) is 1.05. The first kappa shape index (κ1) is 14.0. The van der Waals surface area contributed by atoms with Gasteiger partial charge in [-0.3, -0.25) is 0 Å². The molecule has 0 radical (unpaired) electrons. The van der Waals surface area contributed by atoms with Crippen LogP contribution in [0.1, 0.15) is 31.2 Å². The summed E-state index contributed by atoms with van der Waals surface area (Å²) in [4.78, 5) is 0. The van der Waals surface area contributed by atoms with Crippen LogP contribution in [-0.2, 0) is 0 Å². The molecule has 1 aliphatic rings. The number of methoxy groups -OCH3 is 1. The maximum atomic E-state index is 8.97. The maximum absolute atomic E-state index is 8.97. The van der Waals surface area contributed by atoms with E-state index in [0.29, 0.717) is 22.1 Å². The molecule has 0 amide bonds. The molecule has 0 heterocycles. The van der Waals surface area contributed by atoms with E-state index in [-0.39, 0.29) is 12.1 Å². The summed E-state index contributed by atoms with van der Waals surface area (Å²) in [5, 5.41) is 9.41. The summed E-state index contributed by atoms with van der Waals surface area (Å²) in [6.07, 6.45) is 3.93. The van der Waals surface area contributed by atoms with Crippen LogP contribution >= 0.6 is 11.6 Å². The molecule has 1 aliphatic carbocycles. The Bertz CT molecular complexity index is 491. The molecule has 1 fully saturated rings. The fourth-order valence-electron chi connectivity index (χ4n) is 2.27. The first-order valence-electron chi connectivity index (χ1n) is 6.34. The highest BCUT2D eigenvalue weighted by Gasteiger charge is 2.21. The SMILES string of the molecule is COc1cc(O[C@H]2CC[C@H](N)CC2)c(Cl)cc1C#N. The van der Waals surface area contributed by atoms with Crippen molar-refractivity contribution in [3.63, 3.8) is 0 Å². The zero-order valence-electron chi connectivity index (χ0n) is 10.9. The van der Waals surface area contributed by atoms with Crippen LogP contribution in [0.15, 0.2) is 12.1 Å². The van der Waals surface area contributed by atoms with Gasteiger partial charge in [-0.15, -0.1) is 0 Å². The van der Waals surface area contributed by atoms with Crippen LogP contribution in [0.5, 0.6) is 11.5 Å². The minimum absolute atomic E-state index is 0.134. The van der Waals surface area contributed by atoms with Crippen LogP contribution in [0.25, 0.3) is 0 Å². The maximum Gasteiger partial charge on any atom is 0.142 e. The highest BCUT2D eigenvalue weighted by Crippen LogP contribution is 2.34. The number of hydrogen-bond acceptors (Lipinski definition) is 4. The lowest BCUT2D eigenvalue weighted by atomic mass is 9.94. The van der Waals surface area contributed by atoms with Gasteiger partial charge >= 0.3 is 0 Å². The Morgan fingerprint density at radius 2 is 1.95 bits per heavy atom. The molecular weight excluding hydrogens is 264 g/mol. The van der Waals surface area contributed by atoms with Crippen molar-refractivity contribution in [3.8, 4) is 17.6 Å². The smallest absolute Gasteiger partial charge is 0.142 e. The van der Waals surface area contributed by atoms with Crippen LogP contribution in [-0.4, -0.2) is 19.3 Å². The summed E-state index contributed by atoms with van der Waals surface area (Å²) >= 11 is 6.13. The zero-order valence-corrected chi connectivity index (χ0v) is 11.6. The minimum atomic E-state index is 0.134. The molecule has 0 unspecified atom stereocenters. The molecule has 4 nitrogen and oxygen atoms in total. The van der Waals surface area contributed by atoms with E-state index < -0.39 is 0 Å². The summed E-state index contributed by atoms with van der Waals surface area (Å²) < 4.78 is 11.1. The summed E-state index contributed by atoms with van der Waals surface area (Å²) in [7, 11) is 1.52. The fraction of sp³-hybridized carbons (Fsp3) is 0.500. The largest absolute Gasteiger partial charge is 0.495 e. The average Bonchev–Trinajstić information content (AvgIpc) is 2.43. The van der Waals surface area contributed by atoms with Gasteiger partial charge in [-0.2, -0.15) is 5.26 Å². The van der Waals surface area contributed by atoms with Gasteiger partial charge in [0.05, 0.1) is 23.8 Å². The highest BCUT2D eigenvalue weighted by molar-refractivity contribution is 6.32. The Morgan fingerprint density at radius 1 is 1.26 bits per heavy atom. The van der Waals surface area contributed by atoms with Crippen LogP contribution in [0.4, 0.5) is 0 Å². The van der Waals surface area contributed by atoms with Crippen molar-refractivity contribution in [3.05, 3.63) is 22.7 Å². The fourth-order valence-corrected chi connectivity index (χ4v) is 2.48. The molecule has 0 saturated heterocycles. The molecule has 0 aromatic heterocycles. The number of halogens is 1. The van der Waals surface area contributed by atoms with Gasteiger partial charge in [-0.25, -0.2) is 0 Å². The first-order chi connectivity index (χ1) is 9.13. The predicted octanol–water partition coefficient (Wildman–Crippen LogP) is 2.87. The van der Waals surface area contributed by atoms with Crippen LogP contribution in [0.3, 0.4) is 0 Å². The molecule has 0 bridgehead atoms. The quantitative estimate of drug-likeness (QED) is 0.924. The molecule has 1 aromatic carbocycles. The minimum Gasteiger partial charge on any atom is -0.495 e. The van der Waals surface area contributed by atoms with Gasteiger partial charge < -0.3 is 15.2 Å². The van der Waals surface area contributed by atoms with Crippen molar-refractivity contribution in [2.24, 2.45) is 5.73 Å². The Morgan fingerprint density at radius 3 is 2.53 bits per heavy atom. The molecule has 1 aromatic rings. The van der Waals surface area contributed by atoms with E-state index in [4.69, 9.17) is 32.1 Å². The third-order valence-corrected chi connectivity index (χ3v) is 3.68. The standard InChI is InChI=1S/C14H17ClN2O2/c1-18-13-7-14(12(15)6-9(13)8-16)19-11-4-2-10(17)3-5-11/h6-7,10-11H,2-5,17H2,1H3/t10-,11-. The van der Waals surface area contributed by atoms with Crippen molar-refractivity contribution >= 4 is 11.6 Å². The molecule has 0 atom stereocenters. The summed E-state index contributed by atoms with van der Waals surface area (Å²) in [6.45, 7) is 0. The van der Waals surface area contributed by atoms with Gasteiger partial charge in [0.2, 0.25) is 0 Å². The molecule has 5 heteroatoms. The Labute approximate surface area is 118 Å². The van der Waals surface area contributed by atoms with Gasteiger partial charge in [0.15, 0.2) is 0 Å². The second-order valence-electron chi connectivity index (χ2n) is 4.75. The van der Waals surface area contributed by atoms with E-state index in [2.05, 4.69) is 0 Å². The molecule has 102 valence electrons. The van der Waals surface area contributed by atoms with Gasteiger partial charge in [0.1, 0.15) is 17.6 Å². The lowest BCUT2D eigenvalue weighted by molar-refractivity contribution is 0.147. The van der Waals surface area contributed by atoms with E-state index in [0.717, 1.165) is 25.7 Å². The van der Waals surface area contributed by atoms with E-state index in [9.17, 15) is 0 Å². The van der Waals surface area contributed by atoms with Gasteiger partial charge in [-0.05, 0) is 31.7 Å². The second-order valence-corrected chi connectivity index (χ2v) is 5.16. The van der Waals surface area contributed by atoms with Crippen molar-refractivity contribution in [1.29, 1.82) is 5.26 Å². The van der Waals surface area contributed by atoms with E-state index >= 15 is 0 Å². The Hall–Kier alpha value is -1.44. The van der Waals surface area contributed by atoms with Gasteiger partial charge in [-0.1, -0.05) is 11.6 Å². The molecule has 0 aliphatic heterocycles. The molecule has 1 saturated carbocycles. The number of rotatable bonds is 3. The predicted molar refractivity (Wildman–Crippen MR) is 73.6 cm³/mol. The molecular formula is C14H17ClN2O2. The summed E-state index contributed by atoms with van der Waals surface area (Å²) in [6, 6.07) is 5.58. The first-order valence-corrected chi connectivity index (χ1v) is 6.71. The lowest BCUT2D eigenvalue weighted by Gasteiger charge is -2.27. The van der Waals surface area contributed by atoms with E-state index in [1.165, 1.54) is 7.11 Å². The van der Waals surface area contributed by atoms with Crippen LogP contribution in [0.2, 0.25) is 5.02 Å². The van der Waals surface area contributed by atoms with Crippen LogP contribution in [0, 0.1) is 11.3 Å². The molecule has 2 N–H and O–H groups in total. The number of benzene rings is 1. The summed E-state index contributed by atoms with van der Waals surface area (Å²) in [5.41, 5.74) is 6.27. The Balaban J connectivity index is 2.14. The third kappa shape index (κ3) is 3.31. The monoisotopic (exact) mass is 280 g/mol. The molecule has 2 rings (SSSR count). The topological polar surface area (TPSA) is 68.3 Å². The van der Waals surface area contributed by atoms with Gasteiger partial charge in [0, 0.05) is 12.1 Å².